The Kier molecular flexibility index (Phi) is 4.08. The Morgan fingerprint density at radius 1 is 1.26 bits per heavy atom. The van der Waals surface area contributed by atoms with Crippen molar-refractivity contribution in [2.75, 3.05) is 0 Å². The lowest BCUT2D eigenvalue weighted by Gasteiger charge is -2.03. The van der Waals surface area contributed by atoms with Crippen molar-refractivity contribution < 1.29 is 4.92 Å². The predicted octanol–water partition coefficient (Wildman–Crippen LogP) is 3.74. The van der Waals surface area contributed by atoms with Crippen molar-refractivity contribution in [2.24, 2.45) is 5.10 Å². The van der Waals surface area contributed by atoms with Crippen LogP contribution in [0.15, 0.2) is 56.8 Å². The molecule has 0 aliphatic heterocycles. The van der Waals surface area contributed by atoms with Crippen LogP contribution in [-0.2, 0) is 0 Å². The van der Waals surface area contributed by atoms with Crippen LogP contribution in [0.1, 0.15) is 11.4 Å². The van der Waals surface area contributed by atoms with Crippen LogP contribution in [0.25, 0.3) is 21.9 Å². The van der Waals surface area contributed by atoms with E-state index in [1.807, 2.05) is 18.2 Å². The smallest absolute Gasteiger partial charge is 0.298 e. The Morgan fingerprint density at radius 2 is 2.00 bits per heavy atom. The molecule has 0 spiro atoms. The molecule has 4 rings (SSSR count). The second-order valence-corrected chi connectivity index (χ2v) is 6.82. The number of nitro benzene ring substituents is 1. The number of rotatable bonds is 3. The molecular formula is C18H12BrN5O3. The molecule has 0 radical (unpaired) electrons. The third-order valence-corrected chi connectivity index (χ3v) is 4.64. The number of halogens is 1. The van der Waals surface area contributed by atoms with Crippen LogP contribution in [0, 0.1) is 17.0 Å². The average molecular weight is 426 g/mol. The zero-order valence-corrected chi connectivity index (χ0v) is 15.6. The number of nitrogens with one attached hydrogen (secondary N) is 1. The Balaban J connectivity index is 1.81. The summed E-state index contributed by atoms with van der Waals surface area (Å²) in [4.78, 5) is 30.7. The minimum Gasteiger partial charge on any atom is -0.349 e. The van der Waals surface area contributed by atoms with Crippen molar-refractivity contribution in [3.05, 3.63) is 78.8 Å². The normalized spacial score (nSPS) is 11.6. The monoisotopic (exact) mass is 425 g/mol. The van der Waals surface area contributed by atoms with Gasteiger partial charge >= 0.3 is 0 Å². The van der Waals surface area contributed by atoms with E-state index in [9.17, 15) is 14.9 Å². The molecule has 0 atom stereocenters. The Bertz CT molecular complexity index is 1290. The quantitative estimate of drug-likeness (QED) is 0.306. The van der Waals surface area contributed by atoms with Gasteiger partial charge in [-0.05, 0) is 42.8 Å². The first-order valence-corrected chi connectivity index (χ1v) is 8.73. The van der Waals surface area contributed by atoms with Crippen LogP contribution in [0.2, 0.25) is 0 Å². The third-order valence-electron chi connectivity index (χ3n) is 4.15. The van der Waals surface area contributed by atoms with Crippen molar-refractivity contribution in [1.82, 2.24) is 14.6 Å². The predicted molar refractivity (Wildman–Crippen MR) is 106 cm³/mol. The fourth-order valence-corrected chi connectivity index (χ4v) is 3.19. The first-order valence-electron chi connectivity index (χ1n) is 7.93. The van der Waals surface area contributed by atoms with Gasteiger partial charge in [0, 0.05) is 27.5 Å². The fraction of sp³-hybridized carbons (Fsp3) is 0.0556. The molecule has 2 heterocycles. The highest BCUT2D eigenvalue weighted by molar-refractivity contribution is 9.10. The van der Waals surface area contributed by atoms with Gasteiger partial charge in [-0.25, -0.2) is 4.98 Å². The number of aryl methyl sites for hydroxylation is 1. The topological polar surface area (TPSA) is 106 Å². The van der Waals surface area contributed by atoms with Crippen LogP contribution in [-0.4, -0.2) is 25.8 Å². The van der Waals surface area contributed by atoms with Crippen molar-refractivity contribution in [3.8, 4) is 0 Å². The highest BCUT2D eigenvalue weighted by Crippen LogP contribution is 2.25. The maximum atomic E-state index is 12.8. The first kappa shape index (κ1) is 17.1. The zero-order valence-electron chi connectivity index (χ0n) is 14.0. The molecule has 9 heteroatoms. The standard InChI is InChI=1S/C18H12BrN5O3/c1-10-21-16-14-8-12(19)4-7-15(14)22-17(16)18(25)23(10)20-9-11-2-5-13(6-3-11)24(26)27/h2-9,22H,1H3/b20-9-. The minimum atomic E-state index is -0.471. The van der Waals surface area contributed by atoms with E-state index in [1.54, 1.807) is 19.1 Å². The summed E-state index contributed by atoms with van der Waals surface area (Å²) in [5, 5.41) is 15.8. The largest absolute Gasteiger partial charge is 0.349 e. The van der Waals surface area contributed by atoms with Gasteiger partial charge in [0.2, 0.25) is 0 Å². The van der Waals surface area contributed by atoms with Gasteiger partial charge in [-0.15, -0.1) is 0 Å². The number of aromatic amines is 1. The van der Waals surface area contributed by atoms with E-state index in [4.69, 9.17) is 0 Å². The molecule has 4 aromatic rings. The lowest BCUT2D eigenvalue weighted by atomic mass is 10.2. The number of aromatic nitrogens is 3. The molecule has 134 valence electrons. The van der Waals surface area contributed by atoms with E-state index < -0.39 is 4.92 Å². The molecule has 0 fully saturated rings. The maximum Gasteiger partial charge on any atom is 0.298 e. The number of nitrogens with zero attached hydrogens (tertiary/aromatic N) is 4. The molecule has 27 heavy (non-hydrogen) atoms. The molecule has 0 saturated carbocycles. The van der Waals surface area contributed by atoms with Crippen LogP contribution in [0.3, 0.4) is 0 Å². The third kappa shape index (κ3) is 3.02. The summed E-state index contributed by atoms with van der Waals surface area (Å²) in [5.74, 6) is 0.437. The summed E-state index contributed by atoms with van der Waals surface area (Å²) >= 11 is 3.43. The molecule has 0 aliphatic carbocycles. The van der Waals surface area contributed by atoms with Gasteiger partial charge in [-0.1, -0.05) is 15.9 Å². The summed E-state index contributed by atoms with van der Waals surface area (Å²) in [6.07, 6.45) is 1.46. The Hall–Kier alpha value is -3.33. The summed E-state index contributed by atoms with van der Waals surface area (Å²) in [6, 6.07) is 11.6. The number of hydrogen-bond acceptors (Lipinski definition) is 5. The van der Waals surface area contributed by atoms with Gasteiger partial charge < -0.3 is 4.98 Å². The molecule has 2 aromatic heterocycles. The first-order chi connectivity index (χ1) is 12.9. The van der Waals surface area contributed by atoms with Crippen LogP contribution < -0.4 is 5.56 Å². The Morgan fingerprint density at radius 3 is 2.70 bits per heavy atom. The molecular weight excluding hydrogens is 414 g/mol. The fourth-order valence-electron chi connectivity index (χ4n) is 2.83. The second kappa shape index (κ2) is 6.44. The maximum absolute atomic E-state index is 12.8. The summed E-state index contributed by atoms with van der Waals surface area (Å²) in [5.41, 5.74) is 2.09. The van der Waals surface area contributed by atoms with Gasteiger partial charge in [0.05, 0.1) is 11.1 Å². The zero-order chi connectivity index (χ0) is 19.1. The number of nitro groups is 1. The number of H-pyrrole nitrogens is 1. The molecule has 0 aliphatic rings. The van der Waals surface area contributed by atoms with Gasteiger partial charge in [-0.2, -0.15) is 9.78 Å². The van der Waals surface area contributed by atoms with Crippen molar-refractivity contribution in [1.29, 1.82) is 0 Å². The summed E-state index contributed by atoms with van der Waals surface area (Å²) in [6.45, 7) is 1.70. The van der Waals surface area contributed by atoms with Crippen molar-refractivity contribution in [3.63, 3.8) is 0 Å². The summed E-state index contributed by atoms with van der Waals surface area (Å²) in [7, 11) is 0. The number of benzene rings is 2. The van der Waals surface area contributed by atoms with E-state index in [2.05, 4.69) is 31.0 Å². The highest BCUT2D eigenvalue weighted by Gasteiger charge is 2.13. The molecule has 2 aromatic carbocycles. The van der Waals surface area contributed by atoms with Gasteiger partial charge in [0.25, 0.3) is 11.2 Å². The van der Waals surface area contributed by atoms with Gasteiger partial charge in [0.1, 0.15) is 16.9 Å². The minimum absolute atomic E-state index is 0.00665. The number of hydrogen-bond donors (Lipinski definition) is 1. The van der Waals surface area contributed by atoms with E-state index in [-0.39, 0.29) is 11.2 Å². The van der Waals surface area contributed by atoms with Gasteiger partial charge in [-0.3, -0.25) is 14.9 Å². The van der Waals surface area contributed by atoms with Crippen LogP contribution in [0.4, 0.5) is 5.69 Å². The second-order valence-electron chi connectivity index (χ2n) is 5.91. The summed E-state index contributed by atoms with van der Waals surface area (Å²) < 4.78 is 2.10. The van der Waals surface area contributed by atoms with Crippen LogP contribution >= 0.6 is 15.9 Å². The van der Waals surface area contributed by atoms with E-state index >= 15 is 0 Å². The Labute approximate surface area is 160 Å². The SMILES string of the molecule is Cc1nc2c([nH]c3ccc(Br)cc32)c(=O)n1/N=C\c1ccc([N+](=O)[O-])cc1. The molecule has 8 nitrogen and oxygen atoms in total. The number of fused-ring (bicyclic) bond motifs is 3. The lowest BCUT2D eigenvalue weighted by molar-refractivity contribution is -0.384. The molecule has 0 saturated heterocycles. The molecule has 1 N–H and O–H groups in total. The van der Waals surface area contributed by atoms with E-state index in [0.717, 1.165) is 15.4 Å². The molecule has 0 bridgehead atoms. The van der Waals surface area contributed by atoms with E-state index in [1.165, 1.54) is 23.0 Å². The average Bonchev–Trinajstić information content (AvgIpc) is 3.00. The van der Waals surface area contributed by atoms with E-state index in [0.29, 0.717) is 22.4 Å². The molecule has 0 amide bonds. The van der Waals surface area contributed by atoms with Gasteiger partial charge in [0.15, 0.2) is 0 Å². The molecule has 0 unspecified atom stereocenters. The lowest BCUT2D eigenvalue weighted by Crippen LogP contribution is -2.20. The highest BCUT2D eigenvalue weighted by atomic mass is 79.9. The number of non-ortho nitro benzene ring substituents is 1. The van der Waals surface area contributed by atoms with Crippen LogP contribution in [0.5, 0.6) is 0 Å². The van der Waals surface area contributed by atoms with Crippen molar-refractivity contribution in [2.45, 2.75) is 6.92 Å². The van der Waals surface area contributed by atoms with Crippen molar-refractivity contribution >= 4 is 49.8 Å².